The fourth-order valence-corrected chi connectivity index (χ4v) is 3.73. The van der Waals surface area contributed by atoms with Crippen LogP contribution < -0.4 is 0 Å². The van der Waals surface area contributed by atoms with Crippen molar-refractivity contribution in [1.82, 2.24) is 14.5 Å². The van der Waals surface area contributed by atoms with Crippen LogP contribution in [0.1, 0.15) is 34.5 Å². The van der Waals surface area contributed by atoms with E-state index in [0.29, 0.717) is 29.6 Å². The molecular weight excluding hydrogens is 346 g/mol. The largest absolute Gasteiger partial charge is 0.434 e. The minimum absolute atomic E-state index is 0.245. The molecule has 0 atom stereocenters. The van der Waals surface area contributed by atoms with Crippen LogP contribution in [0.4, 0.5) is 9.59 Å². The minimum atomic E-state index is -0.657. The number of carbonyl (C=O) groups is 3. The lowest BCUT2D eigenvalue weighted by atomic mass is 9.90. The van der Waals surface area contributed by atoms with E-state index in [-0.39, 0.29) is 5.69 Å². The normalized spacial score (nSPS) is 17.4. The number of hydrogen-bond donors (Lipinski definition) is 0. The molecule has 3 amide bonds. The Morgan fingerprint density at radius 3 is 2.48 bits per heavy atom. The summed E-state index contributed by atoms with van der Waals surface area (Å²) < 4.78 is 1.21. The molecule has 2 aliphatic rings. The van der Waals surface area contributed by atoms with Crippen molar-refractivity contribution in [2.45, 2.75) is 26.2 Å². The number of imide groups is 1. The molecule has 4 rings (SSSR count). The van der Waals surface area contributed by atoms with Crippen LogP contribution in [0.3, 0.4) is 0 Å². The number of fused-ring (bicyclic) bond motifs is 1. The van der Waals surface area contributed by atoms with Gasteiger partial charge in [-0.3, -0.25) is 9.36 Å². The number of amides is 3. The number of piperidine rings is 1. The van der Waals surface area contributed by atoms with E-state index in [0.717, 1.165) is 19.3 Å². The van der Waals surface area contributed by atoms with Crippen LogP contribution in [0.25, 0.3) is 0 Å². The topological polar surface area (TPSA) is 71.8 Å². The van der Waals surface area contributed by atoms with Crippen molar-refractivity contribution in [1.29, 1.82) is 0 Å². The van der Waals surface area contributed by atoms with Crippen molar-refractivity contribution < 1.29 is 19.2 Å². The van der Waals surface area contributed by atoms with Crippen molar-refractivity contribution >= 4 is 18.0 Å². The standard InChI is InChI=1S/C20H21N3O4/c1-14-7-12-22-17(14)18(24)23(19(22)25)27-20(26)21-10-8-16(9-11-21)13-15-5-3-2-4-6-15/h2-7,12,16H,8-11,13H2,1H3. The first-order chi connectivity index (χ1) is 13.0. The highest BCUT2D eigenvalue weighted by Gasteiger charge is 2.41. The summed E-state index contributed by atoms with van der Waals surface area (Å²) in [6, 6.07) is 11.3. The van der Waals surface area contributed by atoms with E-state index < -0.39 is 18.0 Å². The molecule has 3 heterocycles. The number of carbonyl (C=O) groups excluding carboxylic acids is 3. The van der Waals surface area contributed by atoms with Crippen molar-refractivity contribution in [3.8, 4) is 0 Å². The second-order valence-electron chi connectivity index (χ2n) is 7.08. The Balaban J connectivity index is 1.33. The Labute approximate surface area is 157 Å². The SMILES string of the molecule is Cc1ccn2c1C(=O)N(OC(=O)N1CCC(Cc3ccccc3)CC1)C2=O. The van der Waals surface area contributed by atoms with Gasteiger partial charge in [-0.05, 0) is 49.3 Å². The van der Waals surface area contributed by atoms with Gasteiger partial charge in [0.05, 0.1) is 0 Å². The van der Waals surface area contributed by atoms with Gasteiger partial charge in [-0.1, -0.05) is 35.4 Å². The van der Waals surface area contributed by atoms with E-state index in [1.807, 2.05) is 18.2 Å². The van der Waals surface area contributed by atoms with Crippen LogP contribution in [0.5, 0.6) is 0 Å². The average Bonchev–Trinajstić information content (AvgIpc) is 3.17. The maximum atomic E-state index is 12.4. The molecule has 1 aromatic carbocycles. The minimum Gasteiger partial charge on any atom is -0.309 e. The van der Waals surface area contributed by atoms with Crippen LogP contribution in [-0.2, 0) is 11.3 Å². The molecule has 0 spiro atoms. The lowest BCUT2D eigenvalue weighted by molar-refractivity contribution is -0.0489. The molecule has 0 aliphatic carbocycles. The summed E-state index contributed by atoms with van der Waals surface area (Å²) in [4.78, 5) is 43.7. The highest BCUT2D eigenvalue weighted by Crippen LogP contribution is 2.24. The maximum absolute atomic E-state index is 12.4. The molecule has 0 unspecified atom stereocenters. The van der Waals surface area contributed by atoms with Crippen molar-refractivity contribution in [2.75, 3.05) is 13.1 Å². The van der Waals surface area contributed by atoms with Gasteiger partial charge in [-0.2, -0.15) is 0 Å². The Bertz CT molecular complexity index is 882. The van der Waals surface area contributed by atoms with Crippen LogP contribution >= 0.6 is 0 Å². The summed E-state index contributed by atoms with van der Waals surface area (Å²) in [5.41, 5.74) is 2.21. The molecule has 27 heavy (non-hydrogen) atoms. The van der Waals surface area contributed by atoms with Gasteiger partial charge in [-0.15, -0.1) is 0 Å². The Hall–Kier alpha value is -3.09. The first-order valence-electron chi connectivity index (χ1n) is 9.12. The lowest BCUT2D eigenvalue weighted by Gasteiger charge is -2.31. The highest BCUT2D eigenvalue weighted by atomic mass is 16.7. The monoisotopic (exact) mass is 367 g/mol. The third-order valence-electron chi connectivity index (χ3n) is 5.26. The van der Waals surface area contributed by atoms with Crippen molar-refractivity contribution in [3.63, 3.8) is 0 Å². The van der Waals surface area contributed by atoms with Crippen LogP contribution in [-0.4, -0.2) is 45.7 Å². The Morgan fingerprint density at radius 2 is 1.81 bits per heavy atom. The molecule has 140 valence electrons. The molecule has 0 N–H and O–H groups in total. The third kappa shape index (κ3) is 3.20. The van der Waals surface area contributed by atoms with Gasteiger partial charge < -0.3 is 9.74 Å². The second-order valence-corrected chi connectivity index (χ2v) is 7.08. The summed E-state index contributed by atoms with van der Waals surface area (Å²) in [7, 11) is 0. The van der Waals surface area contributed by atoms with Gasteiger partial charge in [0.15, 0.2) is 0 Å². The van der Waals surface area contributed by atoms with Gasteiger partial charge >= 0.3 is 18.0 Å². The number of hydroxylamine groups is 2. The van der Waals surface area contributed by atoms with E-state index in [4.69, 9.17) is 4.84 Å². The predicted molar refractivity (Wildman–Crippen MR) is 97.1 cm³/mol. The van der Waals surface area contributed by atoms with E-state index >= 15 is 0 Å². The first-order valence-corrected chi connectivity index (χ1v) is 9.12. The fourth-order valence-electron chi connectivity index (χ4n) is 3.73. The predicted octanol–water partition coefficient (Wildman–Crippen LogP) is 3.23. The molecule has 2 aromatic rings. The fraction of sp³-hybridized carbons (Fsp3) is 0.350. The van der Waals surface area contributed by atoms with Gasteiger partial charge in [0, 0.05) is 19.3 Å². The lowest BCUT2D eigenvalue weighted by Crippen LogP contribution is -2.44. The molecule has 1 fully saturated rings. The summed E-state index contributed by atoms with van der Waals surface area (Å²) in [6.07, 6.45) is 3.57. The van der Waals surface area contributed by atoms with Gasteiger partial charge in [-0.25, -0.2) is 9.59 Å². The molecule has 1 aromatic heterocycles. The number of nitrogens with zero attached hydrogens (tertiary/aromatic N) is 3. The third-order valence-corrected chi connectivity index (χ3v) is 5.26. The van der Waals surface area contributed by atoms with Gasteiger partial charge in [0.2, 0.25) is 0 Å². The molecule has 2 aliphatic heterocycles. The zero-order valence-corrected chi connectivity index (χ0v) is 15.1. The molecule has 0 saturated carbocycles. The Kier molecular flexibility index (Phi) is 4.43. The van der Waals surface area contributed by atoms with E-state index in [1.54, 1.807) is 17.9 Å². The number of hydrogen-bond acceptors (Lipinski definition) is 4. The maximum Gasteiger partial charge on any atom is 0.434 e. The first kappa shape index (κ1) is 17.3. The molecular formula is C20H21N3O4. The summed E-state index contributed by atoms with van der Waals surface area (Å²) in [5.74, 6) is -0.0928. The van der Waals surface area contributed by atoms with E-state index in [9.17, 15) is 14.4 Å². The quantitative estimate of drug-likeness (QED) is 0.835. The van der Waals surface area contributed by atoms with Gasteiger partial charge in [0.1, 0.15) is 5.69 Å². The van der Waals surface area contributed by atoms with Crippen molar-refractivity contribution in [2.24, 2.45) is 5.92 Å². The number of aryl methyl sites for hydroxylation is 1. The van der Waals surface area contributed by atoms with E-state index in [2.05, 4.69) is 12.1 Å². The summed E-state index contributed by atoms with van der Waals surface area (Å²) in [6.45, 7) is 2.84. The number of benzene rings is 1. The Morgan fingerprint density at radius 1 is 1.11 bits per heavy atom. The molecule has 0 radical (unpaired) electrons. The second kappa shape index (κ2) is 6.90. The number of aromatic nitrogens is 1. The number of rotatable bonds is 3. The summed E-state index contributed by atoms with van der Waals surface area (Å²) >= 11 is 0. The average molecular weight is 367 g/mol. The smallest absolute Gasteiger partial charge is 0.309 e. The van der Waals surface area contributed by atoms with Crippen LogP contribution in [0, 0.1) is 12.8 Å². The highest BCUT2D eigenvalue weighted by molar-refractivity contribution is 6.11. The van der Waals surface area contributed by atoms with Gasteiger partial charge in [0.25, 0.3) is 0 Å². The summed E-state index contributed by atoms with van der Waals surface area (Å²) in [5, 5.41) is 0.556. The molecule has 1 saturated heterocycles. The molecule has 7 heteroatoms. The molecule has 7 nitrogen and oxygen atoms in total. The van der Waals surface area contributed by atoms with Crippen LogP contribution in [0.2, 0.25) is 0 Å². The number of likely N-dealkylation sites (tertiary alicyclic amines) is 1. The zero-order valence-electron chi connectivity index (χ0n) is 15.1. The molecule has 0 bridgehead atoms. The van der Waals surface area contributed by atoms with E-state index in [1.165, 1.54) is 16.3 Å². The zero-order chi connectivity index (χ0) is 19.0. The van der Waals surface area contributed by atoms with Crippen molar-refractivity contribution in [3.05, 3.63) is 59.4 Å². The van der Waals surface area contributed by atoms with Crippen LogP contribution in [0.15, 0.2) is 42.6 Å².